The van der Waals surface area contributed by atoms with Crippen LogP contribution in [0.15, 0.2) is 72.8 Å². The molecular weight excluding hydrogens is 446 g/mol. The van der Waals surface area contributed by atoms with Gasteiger partial charge in [0.15, 0.2) is 0 Å². The standard InChI is InChI=1S/C28H32ClN3O2/c1-2-3-19-34-26-9-6-8-22(20-26)28(33)30-24-11-13-25(14-12-24)32-17-15-31(16-18-32)21-23-7-4-5-10-27(23)29/h4-14,20H,2-3,15-19,21H2,1H3,(H,30,33). The molecule has 1 heterocycles. The summed E-state index contributed by atoms with van der Waals surface area (Å²) in [5, 5.41) is 3.82. The van der Waals surface area contributed by atoms with E-state index in [9.17, 15) is 4.79 Å². The van der Waals surface area contributed by atoms with E-state index in [0.717, 1.165) is 62.0 Å². The molecule has 0 bridgehead atoms. The Labute approximate surface area is 207 Å². The van der Waals surface area contributed by atoms with E-state index in [2.05, 4.69) is 40.2 Å². The van der Waals surface area contributed by atoms with Gasteiger partial charge in [0.25, 0.3) is 5.91 Å². The molecule has 0 aliphatic carbocycles. The Bertz CT molecular complexity index is 1080. The lowest BCUT2D eigenvalue weighted by molar-refractivity contribution is 0.102. The Morgan fingerprint density at radius 2 is 1.74 bits per heavy atom. The Hall–Kier alpha value is -3.02. The minimum Gasteiger partial charge on any atom is -0.494 e. The topological polar surface area (TPSA) is 44.8 Å². The maximum Gasteiger partial charge on any atom is 0.255 e. The molecule has 1 saturated heterocycles. The second kappa shape index (κ2) is 11.9. The lowest BCUT2D eigenvalue weighted by Gasteiger charge is -2.36. The Balaban J connectivity index is 1.28. The summed E-state index contributed by atoms with van der Waals surface area (Å²) in [6.45, 7) is 7.56. The number of piperazine rings is 1. The number of benzene rings is 3. The SMILES string of the molecule is CCCCOc1cccc(C(=O)Nc2ccc(N3CCN(Cc4ccccc4Cl)CC3)cc2)c1. The minimum atomic E-state index is -0.137. The number of anilines is 2. The predicted octanol–water partition coefficient (Wildman–Crippen LogP) is 6.09. The van der Waals surface area contributed by atoms with Crippen molar-refractivity contribution in [3.63, 3.8) is 0 Å². The van der Waals surface area contributed by atoms with Crippen LogP contribution in [0, 0.1) is 0 Å². The van der Waals surface area contributed by atoms with Crippen LogP contribution in [0.25, 0.3) is 0 Å². The second-order valence-electron chi connectivity index (χ2n) is 8.59. The van der Waals surface area contributed by atoms with Gasteiger partial charge in [-0.2, -0.15) is 0 Å². The highest BCUT2D eigenvalue weighted by Crippen LogP contribution is 2.23. The predicted molar refractivity (Wildman–Crippen MR) is 140 cm³/mol. The summed E-state index contributed by atoms with van der Waals surface area (Å²) in [6, 6.07) is 23.5. The highest BCUT2D eigenvalue weighted by Gasteiger charge is 2.18. The number of ether oxygens (including phenoxy) is 1. The first-order valence-electron chi connectivity index (χ1n) is 12.0. The van der Waals surface area contributed by atoms with Gasteiger partial charge in [0.1, 0.15) is 5.75 Å². The first kappa shape index (κ1) is 24.1. The average Bonchev–Trinajstić information content (AvgIpc) is 2.87. The van der Waals surface area contributed by atoms with E-state index in [1.54, 1.807) is 12.1 Å². The number of carbonyl (C=O) groups excluding carboxylic acids is 1. The zero-order valence-corrected chi connectivity index (χ0v) is 20.4. The Morgan fingerprint density at radius 1 is 0.971 bits per heavy atom. The van der Waals surface area contributed by atoms with Gasteiger partial charge in [-0.3, -0.25) is 9.69 Å². The van der Waals surface area contributed by atoms with Crippen LogP contribution in [0.1, 0.15) is 35.7 Å². The van der Waals surface area contributed by atoms with Crippen LogP contribution >= 0.6 is 11.6 Å². The van der Waals surface area contributed by atoms with E-state index < -0.39 is 0 Å². The summed E-state index contributed by atoms with van der Waals surface area (Å²) in [6.07, 6.45) is 2.08. The molecule has 6 heteroatoms. The molecule has 34 heavy (non-hydrogen) atoms. The van der Waals surface area contributed by atoms with Gasteiger partial charge in [0.05, 0.1) is 6.61 Å². The smallest absolute Gasteiger partial charge is 0.255 e. The van der Waals surface area contributed by atoms with Gasteiger partial charge in [-0.05, 0) is 60.5 Å². The summed E-state index contributed by atoms with van der Waals surface area (Å²) in [4.78, 5) is 17.5. The Morgan fingerprint density at radius 3 is 2.47 bits per heavy atom. The fourth-order valence-electron chi connectivity index (χ4n) is 4.05. The highest BCUT2D eigenvalue weighted by molar-refractivity contribution is 6.31. The molecule has 178 valence electrons. The number of hydrogen-bond donors (Lipinski definition) is 1. The monoisotopic (exact) mass is 477 g/mol. The van der Waals surface area contributed by atoms with Crippen molar-refractivity contribution in [2.75, 3.05) is 43.0 Å². The van der Waals surface area contributed by atoms with Gasteiger partial charge >= 0.3 is 0 Å². The number of unbranched alkanes of at least 4 members (excludes halogenated alkanes) is 1. The van der Waals surface area contributed by atoms with Gasteiger partial charge in [-0.15, -0.1) is 0 Å². The van der Waals surface area contributed by atoms with Crippen LogP contribution in [-0.2, 0) is 6.54 Å². The highest BCUT2D eigenvalue weighted by atomic mass is 35.5. The van der Waals surface area contributed by atoms with Crippen molar-refractivity contribution in [2.45, 2.75) is 26.3 Å². The van der Waals surface area contributed by atoms with Crippen molar-refractivity contribution in [3.05, 3.63) is 88.9 Å². The van der Waals surface area contributed by atoms with E-state index in [1.165, 1.54) is 11.3 Å². The van der Waals surface area contributed by atoms with E-state index in [0.29, 0.717) is 12.2 Å². The van der Waals surface area contributed by atoms with Crippen molar-refractivity contribution in [1.82, 2.24) is 4.90 Å². The van der Waals surface area contributed by atoms with E-state index in [1.807, 2.05) is 42.5 Å². The van der Waals surface area contributed by atoms with Crippen LogP contribution in [0.3, 0.4) is 0 Å². The normalized spacial score (nSPS) is 14.1. The van der Waals surface area contributed by atoms with Crippen LogP contribution < -0.4 is 15.0 Å². The number of nitrogens with zero attached hydrogens (tertiary/aromatic N) is 2. The molecule has 4 rings (SSSR count). The fourth-order valence-corrected chi connectivity index (χ4v) is 4.25. The molecule has 0 atom stereocenters. The number of hydrogen-bond acceptors (Lipinski definition) is 4. The average molecular weight is 478 g/mol. The van der Waals surface area contributed by atoms with Crippen LogP contribution in [0.2, 0.25) is 5.02 Å². The largest absolute Gasteiger partial charge is 0.494 e. The third-order valence-corrected chi connectivity index (χ3v) is 6.45. The van der Waals surface area contributed by atoms with Gasteiger partial charge in [0.2, 0.25) is 0 Å². The minimum absolute atomic E-state index is 0.137. The maximum atomic E-state index is 12.7. The molecule has 1 fully saturated rings. The molecular formula is C28H32ClN3O2. The van der Waals surface area contributed by atoms with Crippen molar-refractivity contribution in [1.29, 1.82) is 0 Å². The van der Waals surface area contributed by atoms with Gasteiger partial charge in [-0.25, -0.2) is 0 Å². The third kappa shape index (κ3) is 6.52. The molecule has 0 radical (unpaired) electrons. The molecule has 0 spiro atoms. The van der Waals surface area contributed by atoms with Crippen molar-refractivity contribution < 1.29 is 9.53 Å². The summed E-state index contributed by atoms with van der Waals surface area (Å²) in [5.74, 6) is 0.590. The van der Waals surface area contributed by atoms with Gasteiger partial charge in [0, 0.05) is 54.7 Å². The summed E-state index contributed by atoms with van der Waals surface area (Å²) >= 11 is 6.32. The summed E-state index contributed by atoms with van der Waals surface area (Å²) in [7, 11) is 0. The molecule has 0 aromatic heterocycles. The van der Waals surface area contributed by atoms with Gasteiger partial charge in [-0.1, -0.05) is 49.2 Å². The number of halogens is 1. The number of rotatable bonds is 9. The molecule has 1 N–H and O–H groups in total. The quantitative estimate of drug-likeness (QED) is 0.378. The van der Waals surface area contributed by atoms with Crippen molar-refractivity contribution >= 4 is 28.9 Å². The lowest BCUT2D eigenvalue weighted by atomic mass is 10.1. The number of carbonyl (C=O) groups is 1. The molecule has 5 nitrogen and oxygen atoms in total. The maximum absolute atomic E-state index is 12.7. The Kier molecular flexibility index (Phi) is 8.45. The molecule has 0 saturated carbocycles. The zero-order valence-electron chi connectivity index (χ0n) is 19.7. The van der Waals surface area contributed by atoms with E-state index in [4.69, 9.17) is 16.3 Å². The molecule has 1 aliphatic rings. The summed E-state index contributed by atoms with van der Waals surface area (Å²) in [5.41, 5.74) is 3.72. The molecule has 3 aromatic rings. The lowest BCUT2D eigenvalue weighted by Crippen LogP contribution is -2.46. The molecule has 0 unspecified atom stereocenters. The second-order valence-corrected chi connectivity index (χ2v) is 8.99. The molecule has 1 aliphatic heterocycles. The number of nitrogens with one attached hydrogen (secondary N) is 1. The van der Waals surface area contributed by atoms with Crippen LogP contribution in [-0.4, -0.2) is 43.6 Å². The number of amides is 1. The van der Waals surface area contributed by atoms with Crippen molar-refractivity contribution in [2.24, 2.45) is 0 Å². The van der Waals surface area contributed by atoms with Crippen molar-refractivity contribution in [3.8, 4) is 5.75 Å². The zero-order chi connectivity index (χ0) is 23.8. The summed E-state index contributed by atoms with van der Waals surface area (Å²) < 4.78 is 5.72. The van der Waals surface area contributed by atoms with Gasteiger partial charge < -0.3 is 15.0 Å². The van der Waals surface area contributed by atoms with Crippen LogP contribution in [0.5, 0.6) is 5.75 Å². The van der Waals surface area contributed by atoms with E-state index in [-0.39, 0.29) is 5.91 Å². The first-order chi connectivity index (χ1) is 16.6. The molecule has 3 aromatic carbocycles. The third-order valence-electron chi connectivity index (χ3n) is 6.08. The molecule has 1 amide bonds. The van der Waals surface area contributed by atoms with Crippen LogP contribution in [0.4, 0.5) is 11.4 Å². The fraction of sp³-hybridized carbons (Fsp3) is 0.321. The van der Waals surface area contributed by atoms with E-state index >= 15 is 0 Å². The first-order valence-corrected chi connectivity index (χ1v) is 12.3.